The number of rotatable bonds is 4. The standard InChI is InChI=1S/C16H26N2/c1-13-8-10-14(11-9-13)12-17-15-6-4-5-7-16(15)18(2)3/h4-7,13-14,17H,8-12H2,1-3H3. The van der Waals surface area contributed by atoms with Gasteiger partial charge in [-0.3, -0.25) is 0 Å². The fraction of sp³-hybridized carbons (Fsp3) is 0.625. The smallest absolute Gasteiger partial charge is 0.0596 e. The average Bonchev–Trinajstić information content (AvgIpc) is 2.38. The quantitative estimate of drug-likeness (QED) is 0.864. The van der Waals surface area contributed by atoms with Crippen molar-refractivity contribution < 1.29 is 0 Å². The van der Waals surface area contributed by atoms with Gasteiger partial charge in [0.25, 0.3) is 0 Å². The summed E-state index contributed by atoms with van der Waals surface area (Å²) in [6.07, 6.45) is 5.58. The lowest BCUT2D eigenvalue weighted by Crippen LogP contribution is -2.21. The first kappa shape index (κ1) is 13.3. The zero-order valence-corrected chi connectivity index (χ0v) is 11.9. The third-order valence-electron chi connectivity index (χ3n) is 4.10. The maximum atomic E-state index is 3.64. The van der Waals surface area contributed by atoms with Gasteiger partial charge in [-0.1, -0.05) is 31.9 Å². The van der Waals surface area contributed by atoms with Gasteiger partial charge >= 0.3 is 0 Å². The Morgan fingerprint density at radius 3 is 2.44 bits per heavy atom. The summed E-state index contributed by atoms with van der Waals surface area (Å²) >= 11 is 0. The third-order valence-corrected chi connectivity index (χ3v) is 4.10. The topological polar surface area (TPSA) is 15.3 Å². The van der Waals surface area contributed by atoms with Crippen molar-refractivity contribution in [2.75, 3.05) is 30.9 Å². The van der Waals surface area contributed by atoms with Crippen LogP contribution in [-0.2, 0) is 0 Å². The van der Waals surface area contributed by atoms with E-state index in [0.29, 0.717) is 0 Å². The predicted octanol–water partition coefficient (Wildman–Crippen LogP) is 3.99. The predicted molar refractivity (Wildman–Crippen MR) is 80.4 cm³/mol. The lowest BCUT2D eigenvalue weighted by Gasteiger charge is -2.27. The second-order valence-corrected chi connectivity index (χ2v) is 5.92. The summed E-state index contributed by atoms with van der Waals surface area (Å²) in [5, 5.41) is 3.64. The second kappa shape index (κ2) is 6.12. The van der Waals surface area contributed by atoms with Gasteiger partial charge in [-0.25, -0.2) is 0 Å². The maximum Gasteiger partial charge on any atom is 0.0596 e. The van der Waals surface area contributed by atoms with Crippen LogP contribution in [0.1, 0.15) is 32.6 Å². The van der Waals surface area contributed by atoms with Gasteiger partial charge < -0.3 is 10.2 Å². The fourth-order valence-electron chi connectivity index (χ4n) is 2.80. The van der Waals surface area contributed by atoms with Gasteiger partial charge in [-0.2, -0.15) is 0 Å². The van der Waals surface area contributed by atoms with Crippen LogP contribution in [0.5, 0.6) is 0 Å². The van der Waals surface area contributed by atoms with Crippen LogP contribution in [0, 0.1) is 11.8 Å². The molecule has 0 aromatic heterocycles. The van der Waals surface area contributed by atoms with E-state index in [1.807, 2.05) is 0 Å². The molecule has 0 amide bonds. The van der Waals surface area contributed by atoms with Crippen molar-refractivity contribution in [1.82, 2.24) is 0 Å². The minimum atomic E-state index is 0.858. The molecule has 0 bridgehead atoms. The van der Waals surface area contributed by atoms with Crippen LogP contribution < -0.4 is 10.2 Å². The van der Waals surface area contributed by atoms with E-state index in [1.54, 1.807) is 0 Å². The van der Waals surface area contributed by atoms with Crippen LogP contribution in [0.4, 0.5) is 11.4 Å². The van der Waals surface area contributed by atoms with E-state index < -0.39 is 0 Å². The van der Waals surface area contributed by atoms with E-state index in [0.717, 1.165) is 18.4 Å². The van der Waals surface area contributed by atoms with Gasteiger partial charge in [-0.05, 0) is 36.8 Å². The molecule has 0 spiro atoms. The monoisotopic (exact) mass is 246 g/mol. The summed E-state index contributed by atoms with van der Waals surface area (Å²) in [5.41, 5.74) is 2.54. The number of para-hydroxylation sites is 2. The van der Waals surface area contributed by atoms with Crippen LogP contribution >= 0.6 is 0 Å². The van der Waals surface area contributed by atoms with E-state index in [-0.39, 0.29) is 0 Å². The van der Waals surface area contributed by atoms with Crippen molar-refractivity contribution in [3.8, 4) is 0 Å². The molecule has 2 nitrogen and oxygen atoms in total. The highest BCUT2D eigenvalue weighted by atomic mass is 15.1. The molecule has 1 aromatic carbocycles. The van der Waals surface area contributed by atoms with Crippen molar-refractivity contribution in [1.29, 1.82) is 0 Å². The van der Waals surface area contributed by atoms with E-state index in [2.05, 4.69) is 55.5 Å². The number of nitrogens with zero attached hydrogens (tertiary/aromatic N) is 1. The number of hydrogen-bond acceptors (Lipinski definition) is 2. The lowest BCUT2D eigenvalue weighted by molar-refractivity contribution is 0.300. The first-order chi connectivity index (χ1) is 8.66. The molecular formula is C16H26N2. The largest absolute Gasteiger partial charge is 0.383 e. The van der Waals surface area contributed by atoms with E-state index in [4.69, 9.17) is 0 Å². The average molecular weight is 246 g/mol. The molecule has 1 aliphatic carbocycles. The molecule has 0 atom stereocenters. The summed E-state index contributed by atoms with van der Waals surface area (Å²) in [7, 11) is 4.20. The first-order valence-electron chi connectivity index (χ1n) is 7.17. The minimum Gasteiger partial charge on any atom is -0.383 e. The summed E-state index contributed by atoms with van der Waals surface area (Å²) in [6, 6.07) is 8.56. The molecule has 0 unspecified atom stereocenters. The van der Waals surface area contributed by atoms with Gasteiger partial charge in [0.15, 0.2) is 0 Å². The minimum absolute atomic E-state index is 0.858. The third kappa shape index (κ3) is 3.41. The summed E-state index contributed by atoms with van der Waals surface area (Å²) < 4.78 is 0. The molecule has 1 N–H and O–H groups in total. The molecule has 100 valence electrons. The molecule has 0 heterocycles. The van der Waals surface area contributed by atoms with Crippen molar-refractivity contribution in [2.24, 2.45) is 11.8 Å². The Morgan fingerprint density at radius 1 is 1.11 bits per heavy atom. The Kier molecular flexibility index (Phi) is 4.51. The zero-order chi connectivity index (χ0) is 13.0. The molecule has 1 aromatic rings. The SMILES string of the molecule is CC1CCC(CNc2ccccc2N(C)C)CC1. The molecule has 0 aliphatic heterocycles. The maximum absolute atomic E-state index is 3.64. The summed E-state index contributed by atoms with van der Waals surface area (Å²) in [5.74, 6) is 1.80. The van der Waals surface area contributed by atoms with Crippen LogP contribution in [0.2, 0.25) is 0 Å². The molecule has 18 heavy (non-hydrogen) atoms. The Bertz CT molecular complexity index is 365. The van der Waals surface area contributed by atoms with Gasteiger partial charge in [0, 0.05) is 20.6 Å². The van der Waals surface area contributed by atoms with Crippen LogP contribution in [-0.4, -0.2) is 20.6 Å². The van der Waals surface area contributed by atoms with Crippen LogP contribution in [0.3, 0.4) is 0 Å². The van der Waals surface area contributed by atoms with Gasteiger partial charge in [0.1, 0.15) is 0 Å². The molecule has 0 radical (unpaired) electrons. The number of hydrogen-bond donors (Lipinski definition) is 1. The van der Waals surface area contributed by atoms with Crippen molar-refractivity contribution >= 4 is 11.4 Å². The highest BCUT2D eigenvalue weighted by Gasteiger charge is 2.18. The molecule has 2 heteroatoms. The van der Waals surface area contributed by atoms with Crippen molar-refractivity contribution in [3.05, 3.63) is 24.3 Å². The van der Waals surface area contributed by atoms with E-state index in [1.165, 1.54) is 37.1 Å². The second-order valence-electron chi connectivity index (χ2n) is 5.92. The highest BCUT2D eigenvalue weighted by Crippen LogP contribution is 2.29. The molecule has 1 saturated carbocycles. The van der Waals surface area contributed by atoms with Gasteiger partial charge in [0.05, 0.1) is 11.4 Å². The number of anilines is 2. The lowest BCUT2D eigenvalue weighted by atomic mass is 9.83. The van der Waals surface area contributed by atoms with Crippen molar-refractivity contribution in [2.45, 2.75) is 32.6 Å². The highest BCUT2D eigenvalue weighted by molar-refractivity contribution is 5.69. The summed E-state index contributed by atoms with van der Waals surface area (Å²) in [4.78, 5) is 2.17. The fourth-order valence-corrected chi connectivity index (χ4v) is 2.80. The van der Waals surface area contributed by atoms with Crippen LogP contribution in [0.25, 0.3) is 0 Å². The Labute approximate surface area is 111 Å². The van der Waals surface area contributed by atoms with E-state index in [9.17, 15) is 0 Å². The zero-order valence-electron chi connectivity index (χ0n) is 11.9. The van der Waals surface area contributed by atoms with Crippen molar-refractivity contribution in [3.63, 3.8) is 0 Å². The first-order valence-corrected chi connectivity index (χ1v) is 7.17. The van der Waals surface area contributed by atoms with Gasteiger partial charge in [0.2, 0.25) is 0 Å². The normalized spacial score (nSPS) is 23.7. The number of benzene rings is 1. The Balaban J connectivity index is 1.90. The number of nitrogens with one attached hydrogen (secondary N) is 1. The van der Waals surface area contributed by atoms with Gasteiger partial charge in [-0.15, -0.1) is 0 Å². The molecule has 1 fully saturated rings. The molecular weight excluding hydrogens is 220 g/mol. The molecule has 2 rings (SSSR count). The van der Waals surface area contributed by atoms with E-state index >= 15 is 0 Å². The molecule has 0 saturated heterocycles. The Morgan fingerprint density at radius 2 is 1.78 bits per heavy atom. The molecule has 1 aliphatic rings. The Hall–Kier alpha value is -1.18. The summed E-state index contributed by atoms with van der Waals surface area (Å²) in [6.45, 7) is 3.50. The van der Waals surface area contributed by atoms with Crippen LogP contribution in [0.15, 0.2) is 24.3 Å².